The van der Waals surface area contributed by atoms with E-state index < -0.39 is 0 Å². The lowest BCUT2D eigenvalue weighted by Gasteiger charge is -2.09. The summed E-state index contributed by atoms with van der Waals surface area (Å²) in [6, 6.07) is 12.4. The van der Waals surface area contributed by atoms with E-state index in [0.717, 1.165) is 16.8 Å². The van der Waals surface area contributed by atoms with Gasteiger partial charge in [0.1, 0.15) is 5.69 Å². The molecule has 0 aliphatic rings. The van der Waals surface area contributed by atoms with E-state index in [9.17, 15) is 4.79 Å². The highest BCUT2D eigenvalue weighted by molar-refractivity contribution is 6.32. The van der Waals surface area contributed by atoms with Crippen LogP contribution in [0.5, 0.6) is 0 Å². The number of hydrogen-bond acceptors (Lipinski definition) is 4. The van der Waals surface area contributed by atoms with Crippen molar-refractivity contribution in [2.24, 2.45) is 0 Å². The summed E-state index contributed by atoms with van der Waals surface area (Å²) in [6.45, 7) is 3.82. The minimum atomic E-state index is -0.350. The second-order valence-corrected chi connectivity index (χ2v) is 6.59. The van der Waals surface area contributed by atoms with Crippen LogP contribution in [0.25, 0.3) is 0 Å². The molecule has 0 atom stereocenters. The lowest BCUT2D eigenvalue weighted by molar-refractivity contribution is 0.102. The smallest absolute Gasteiger partial charge is 0.274 e. The second kappa shape index (κ2) is 7.72. The van der Waals surface area contributed by atoms with E-state index in [4.69, 9.17) is 23.2 Å². The summed E-state index contributed by atoms with van der Waals surface area (Å²) >= 11 is 12.2. The first-order valence-corrected chi connectivity index (χ1v) is 8.62. The summed E-state index contributed by atoms with van der Waals surface area (Å²) in [5.41, 5.74) is 3.49. The van der Waals surface area contributed by atoms with Crippen molar-refractivity contribution < 1.29 is 4.79 Å². The largest absolute Gasteiger partial charge is 0.324 e. The Labute approximate surface area is 161 Å². The third-order valence-corrected chi connectivity index (χ3v) is 4.56. The van der Waals surface area contributed by atoms with Gasteiger partial charge in [-0.15, -0.1) is 0 Å². The number of hydrogen-bond donors (Lipinski definition) is 2. The van der Waals surface area contributed by atoms with Gasteiger partial charge < -0.3 is 10.6 Å². The number of aryl methyl sites for hydroxylation is 2. The predicted octanol–water partition coefficient (Wildman–Crippen LogP) is 5.40. The molecule has 3 aromatic rings. The molecule has 0 radical (unpaired) electrons. The quantitative estimate of drug-likeness (QED) is 0.629. The van der Waals surface area contributed by atoms with Crippen molar-refractivity contribution in [3.63, 3.8) is 0 Å². The van der Waals surface area contributed by atoms with Crippen LogP contribution < -0.4 is 10.6 Å². The molecule has 1 aromatic heterocycles. The van der Waals surface area contributed by atoms with Crippen molar-refractivity contribution in [2.75, 3.05) is 10.6 Å². The van der Waals surface area contributed by atoms with Crippen molar-refractivity contribution in [1.29, 1.82) is 0 Å². The monoisotopic (exact) mass is 386 g/mol. The van der Waals surface area contributed by atoms with E-state index in [1.165, 1.54) is 6.20 Å². The molecule has 0 unspecified atom stereocenters. The molecule has 1 heterocycles. The first kappa shape index (κ1) is 18.2. The molecule has 0 spiro atoms. The molecular formula is C19H16Cl2N4O. The van der Waals surface area contributed by atoms with Crippen molar-refractivity contribution in [1.82, 2.24) is 9.97 Å². The zero-order valence-corrected chi connectivity index (χ0v) is 15.7. The number of benzene rings is 2. The Morgan fingerprint density at radius 3 is 2.19 bits per heavy atom. The van der Waals surface area contributed by atoms with Crippen molar-refractivity contribution in [3.8, 4) is 0 Å². The van der Waals surface area contributed by atoms with E-state index in [1.807, 2.05) is 32.0 Å². The highest BCUT2D eigenvalue weighted by Gasteiger charge is 2.10. The molecule has 0 saturated heterocycles. The van der Waals surface area contributed by atoms with E-state index in [0.29, 0.717) is 21.7 Å². The molecule has 0 fully saturated rings. The Kier molecular flexibility index (Phi) is 5.40. The van der Waals surface area contributed by atoms with Crippen LogP contribution in [0.15, 0.2) is 48.7 Å². The number of rotatable bonds is 4. The normalized spacial score (nSPS) is 10.5. The average molecular weight is 387 g/mol. The van der Waals surface area contributed by atoms with Crippen LogP contribution in [-0.4, -0.2) is 15.9 Å². The molecule has 0 bridgehead atoms. The summed E-state index contributed by atoms with van der Waals surface area (Å²) in [4.78, 5) is 20.8. The van der Waals surface area contributed by atoms with Gasteiger partial charge in [-0.05, 0) is 55.3 Å². The number of anilines is 3. The molecule has 26 heavy (non-hydrogen) atoms. The zero-order valence-electron chi connectivity index (χ0n) is 14.2. The van der Waals surface area contributed by atoms with Gasteiger partial charge in [0, 0.05) is 27.6 Å². The number of nitrogens with zero attached hydrogens (tertiary/aromatic N) is 2. The minimum Gasteiger partial charge on any atom is -0.324 e. The summed E-state index contributed by atoms with van der Waals surface area (Å²) in [7, 11) is 0. The number of aromatic nitrogens is 2. The zero-order chi connectivity index (χ0) is 18.7. The Morgan fingerprint density at radius 2 is 1.54 bits per heavy atom. The van der Waals surface area contributed by atoms with Gasteiger partial charge in [-0.1, -0.05) is 35.3 Å². The second-order valence-electron chi connectivity index (χ2n) is 5.77. The predicted molar refractivity (Wildman–Crippen MR) is 106 cm³/mol. The van der Waals surface area contributed by atoms with Crippen LogP contribution in [0.2, 0.25) is 10.0 Å². The summed E-state index contributed by atoms with van der Waals surface area (Å²) < 4.78 is 0. The van der Waals surface area contributed by atoms with E-state index >= 15 is 0 Å². The number of nitrogens with one attached hydrogen (secondary N) is 2. The molecule has 0 aliphatic carbocycles. The highest BCUT2D eigenvalue weighted by Crippen LogP contribution is 2.22. The lowest BCUT2D eigenvalue weighted by atomic mass is 10.2. The topological polar surface area (TPSA) is 66.9 Å². The standard InChI is InChI=1S/C19H16Cl2N4O/c1-11-3-5-13(9-15(11)20)23-18(26)17-7-8-22-19(25-17)24-14-6-4-12(2)16(21)10-14/h3-10H,1-2H3,(H,23,26)(H,22,24,25). The van der Waals surface area contributed by atoms with Crippen LogP contribution >= 0.6 is 23.2 Å². The molecular weight excluding hydrogens is 371 g/mol. The molecule has 7 heteroatoms. The van der Waals surface area contributed by atoms with Gasteiger partial charge in [-0.3, -0.25) is 4.79 Å². The Morgan fingerprint density at radius 1 is 0.923 bits per heavy atom. The highest BCUT2D eigenvalue weighted by atomic mass is 35.5. The fraction of sp³-hybridized carbons (Fsp3) is 0.105. The molecule has 0 aliphatic heterocycles. The van der Waals surface area contributed by atoms with Crippen molar-refractivity contribution in [2.45, 2.75) is 13.8 Å². The Balaban J connectivity index is 1.76. The van der Waals surface area contributed by atoms with Gasteiger partial charge in [-0.25, -0.2) is 9.97 Å². The van der Waals surface area contributed by atoms with E-state index in [1.54, 1.807) is 24.3 Å². The SMILES string of the molecule is Cc1ccc(NC(=O)c2ccnc(Nc3ccc(C)c(Cl)c3)n2)cc1Cl. The van der Waals surface area contributed by atoms with Gasteiger partial charge in [0.05, 0.1) is 0 Å². The molecule has 132 valence electrons. The van der Waals surface area contributed by atoms with Crippen LogP contribution in [0.1, 0.15) is 21.6 Å². The summed E-state index contributed by atoms with van der Waals surface area (Å²) in [5.74, 6) is -0.0446. The van der Waals surface area contributed by atoms with Crippen LogP contribution in [0.3, 0.4) is 0 Å². The lowest BCUT2D eigenvalue weighted by Crippen LogP contribution is -2.14. The molecule has 3 rings (SSSR count). The maximum Gasteiger partial charge on any atom is 0.274 e. The molecule has 0 saturated carbocycles. The number of halogens is 2. The molecule has 2 aromatic carbocycles. The van der Waals surface area contributed by atoms with E-state index in [-0.39, 0.29) is 11.6 Å². The Bertz CT molecular complexity index is 976. The maximum absolute atomic E-state index is 12.4. The minimum absolute atomic E-state index is 0.234. The van der Waals surface area contributed by atoms with Gasteiger partial charge in [0.15, 0.2) is 0 Å². The Hall–Kier alpha value is -2.63. The first-order valence-electron chi connectivity index (χ1n) is 7.86. The number of carbonyl (C=O) groups is 1. The average Bonchev–Trinajstić information content (AvgIpc) is 2.61. The summed E-state index contributed by atoms with van der Waals surface area (Å²) in [6.07, 6.45) is 1.52. The third-order valence-electron chi connectivity index (χ3n) is 3.75. The van der Waals surface area contributed by atoms with Gasteiger partial charge >= 0.3 is 0 Å². The molecule has 2 N–H and O–H groups in total. The van der Waals surface area contributed by atoms with Crippen LogP contribution in [-0.2, 0) is 0 Å². The molecule has 1 amide bonds. The maximum atomic E-state index is 12.4. The fourth-order valence-electron chi connectivity index (χ4n) is 2.21. The van der Waals surface area contributed by atoms with Gasteiger partial charge in [0.25, 0.3) is 5.91 Å². The van der Waals surface area contributed by atoms with Gasteiger partial charge in [0.2, 0.25) is 5.95 Å². The third kappa shape index (κ3) is 4.31. The van der Waals surface area contributed by atoms with Crippen LogP contribution in [0.4, 0.5) is 17.3 Å². The number of amides is 1. The fourth-order valence-corrected chi connectivity index (χ4v) is 2.57. The molecule has 5 nitrogen and oxygen atoms in total. The first-order chi connectivity index (χ1) is 12.4. The van der Waals surface area contributed by atoms with Gasteiger partial charge in [-0.2, -0.15) is 0 Å². The van der Waals surface area contributed by atoms with Crippen molar-refractivity contribution in [3.05, 3.63) is 75.5 Å². The van der Waals surface area contributed by atoms with E-state index in [2.05, 4.69) is 20.6 Å². The van der Waals surface area contributed by atoms with Crippen molar-refractivity contribution >= 4 is 46.4 Å². The summed E-state index contributed by atoms with van der Waals surface area (Å²) in [5, 5.41) is 7.04. The van der Waals surface area contributed by atoms with Crippen LogP contribution in [0, 0.1) is 13.8 Å². The number of carbonyl (C=O) groups excluding carboxylic acids is 1.